The molecule has 1 aliphatic rings. The van der Waals surface area contributed by atoms with E-state index in [1.165, 1.54) is 20.5 Å². The van der Waals surface area contributed by atoms with Crippen LogP contribution in [0.15, 0.2) is 36.7 Å². The number of aromatic nitrogens is 3. The molecule has 168 valence electrons. The maximum Gasteiger partial charge on any atom is 0.322 e. The number of fused-ring (bicyclic) bond motifs is 1. The Morgan fingerprint density at radius 1 is 1.36 bits per heavy atom. The molecule has 0 saturated carbocycles. The Kier molecular flexibility index (Phi) is 6.29. The van der Waals surface area contributed by atoms with Crippen molar-refractivity contribution in [1.82, 2.24) is 19.5 Å². The smallest absolute Gasteiger partial charge is 0.322 e. The fourth-order valence-corrected chi connectivity index (χ4v) is 3.69. The summed E-state index contributed by atoms with van der Waals surface area (Å²) >= 11 is 0. The molecule has 0 bridgehead atoms. The Labute approximate surface area is 192 Å². The van der Waals surface area contributed by atoms with E-state index in [-0.39, 0.29) is 31.1 Å². The van der Waals surface area contributed by atoms with Crippen LogP contribution in [0.3, 0.4) is 0 Å². The number of β-amino-alcohol motifs (C(OH)–C–C–N with tert-alkyl or cyclic N) is 1. The largest absolute Gasteiger partial charge is 0.391 e. The van der Waals surface area contributed by atoms with Gasteiger partial charge in [0.15, 0.2) is 5.65 Å². The van der Waals surface area contributed by atoms with E-state index in [0.29, 0.717) is 30.1 Å². The quantitative estimate of drug-likeness (QED) is 0.562. The van der Waals surface area contributed by atoms with Crippen LogP contribution < -0.4 is 10.2 Å². The minimum atomic E-state index is -1.42. The van der Waals surface area contributed by atoms with Crippen molar-refractivity contribution in [2.24, 2.45) is 0 Å². The molecule has 1 unspecified atom stereocenters. The summed E-state index contributed by atoms with van der Waals surface area (Å²) in [5, 5.41) is 15.2. The SMILES string of the molecule is [B]C([B])(CC)N(Cc1cc(F)ccc1F)c1ccn2ncc(NC(=O)N3CCC(O)C3)c2n1. The van der Waals surface area contributed by atoms with E-state index in [2.05, 4.69) is 15.4 Å². The van der Waals surface area contributed by atoms with Crippen LogP contribution in [0.1, 0.15) is 25.3 Å². The number of nitrogens with zero attached hydrogens (tertiary/aromatic N) is 5. The van der Waals surface area contributed by atoms with E-state index in [1.807, 2.05) is 0 Å². The first kappa shape index (κ1) is 23.0. The first-order valence-corrected chi connectivity index (χ1v) is 10.6. The number of likely N-dealkylation sites (tertiary alicyclic amines) is 1. The van der Waals surface area contributed by atoms with Crippen molar-refractivity contribution in [3.63, 3.8) is 0 Å². The highest BCUT2D eigenvalue weighted by molar-refractivity contribution is 6.41. The highest BCUT2D eigenvalue weighted by Crippen LogP contribution is 2.27. The van der Waals surface area contributed by atoms with Gasteiger partial charge < -0.3 is 20.2 Å². The topological polar surface area (TPSA) is 86.0 Å². The molecule has 1 aromatic carbocycles. The van der Waals surface area contributed by atoms with Gasteiger partial charge in [-0.2, -0.15) is 5.10 Å². The molecule has 4 rings (SSSR count). The van der Waals surface area contributed by atoms with Gasteiger partial charge in [0, 0.05) is 31.4 Å². The van der Waals surface area contributed by atoms with Crippen LogP contribution >= 0.6 is 0 Å². The van der Waals surface area contributed by atoms with E-state index in [9.17, 15) is 18.7 Å². The van der Waals surface area contributed by atoms with E-state index >= 15 is 0 Å². The second kappa shape index (κ2) is 9.01. The molecule has 2 aromatic heterocycles. The van der Waals surface area contributed by atoms with Crippen LogP contribution in [0.4, 0.5) is 25.1 Å². The lowest BCUT2D eigenvalue weighted by Gasteiger charge is -2.40. The van der Waals surface area contributed by atoms with Crippen molar-refractivity contribution < 1.29 is 18.7 Å². The van der Waals surface area contributed by atoms with Crippen molar-refractivity contribution in [3.8, 4) is 0 Å². The van der Waals surface area contributed by atoms with E-state index < -0.39 is 23.1 Å². The van der Waals surface area contributed by atoms with Crippen molar-refractivity contribution in [2.75, 3.05) is 23.3 Å². The fraction of sp³-hybridized carbons (Fsp3) is 0.381. The van der Waals surface area contributed by atoms with Crippen LogP contribution in [0.2, 0.25) is 0 Å². The third kappa shape index (κ3) is 4.80. The summed E-state index contributed by atoms with van der Waals surface area (Å²) in [6.07, 6.45) is 3.31. The summed E-state index contributed by atoms with van der Waals surface area (Å²) in [6, 6.07) is 4.38. The Bertz CT molecular complexity index is 1170. The highest BCUT2D eigenvalue weighted by atomic mass is 19.1. The first-order valence-electron chi connectivity index (χ1n) is 10.6. The molecule has 2 N–H and O–H groups in total. The lowest BCUT2D eigenvalue weighted by atomic mass is 9.59. The van der Waals surface area contributed by atoms with Gasteiger partial charge in [-0.25, -0.2) is 23.1 Å². The number of carbonyl (C=O) groups excluding carboxylic acids is 1. The molecule has 12 heteroatoms. The Morgan fingerprint density at radius 2 is 2.15 bits per heavy atom. The molecule has 0 spiro atoms. The van der Waals surface area contributed by atoms with Gasteiger partial charge in [-0.3, -0.25) is 0 Å². The van der Waals surface area contributed by atoms with Gasteiger partial charge in [-0.1, -0.05) is 6.92 Å². The summed E-state index contributed by atoms with van der Waals surface area (Å²) in [4.78, 5) is 20.1. The number of benzene rings is 1. The molecule has 4 radical (unpaired) electrons. The normalized spacial score (nSPS) is 16.4. The molecule has 33 heavy (non-hydrogen) atoms. The van der Waals surface area contributed by atoms with Crippen molar-refractivity contribution in [2.45, 2.75) is 37.8 Å². The lowest BCUT2D eigenvalue weighted by Crippen LogP contribution is -2.50. The minimum absolute atomic E-state index is 0.0695. The molecule has 2 amide bonds. The van der Waals surface area contributed by atoms with Gasteiger partial charge in [0.1, 0.15) is 23.1 Å². The van der Waals surface area contributed by atoms with Crippen molar-refractivity contribution >= 4 is 38.9 Å². The number of carbonyl (C=O) groups is 1. The molecular weight excluding hydrogens is 428 g/mol. The summed E-state index contributed by atoms with van der Waals surface area (Å²) in [5.74, 6) is -0.885. The summed E-state index contributed by atoms with van der Waals surface area (Å²) < 4.78 is 29.5. The molecule has 0 aliphatic carbocycles. The zero-order chi connectivity index (χ0) is 23.8. The number of amides is 2. The monoisotopic (exact) mass is 450 g/mol. The lowest BCUT2D eigenvalue weighted by molar-refractivity contribution is 0.176. The van der Waals surface area contributed by atoms with E-state index in [1.54, 1.807) is 19.2 Å². The number of hydrogen-bond donors (Lipinski definition) is 2. The highest BCUT2D eigenvalue weighted by Gasteiger charge is 2.28. The van der Waals surface area contributed by atoms with Gasteiger partial charge in [-0.05, 0) is 42.4 Å². The molecule has 3 aromatic rings. The molecule has 8 nitrogen and oxygen atoms in total. The molecular formula is C21H22B2F2N6O2. The van der Waals surface area contributed by atoms with Gasteiger partial charge in [0.2, 0.25) is 0 Å². The number of anilines is 2. The number of urea groups is 1. The third-order valence-corrected chi connectivity index (χ3v) is 5.73. The summed E-state index contributed by atoms with van der Waals surface area (Å²) in [5.41, 5.74) is 0.730. The third-order valence-electron chi connectivity index (χ3n) is 5.73. The molecule has 1 fully saturated rings. The van der Waals surface area contributed by atoms with Crippen LogP contribution in [0.25, 0.3) is 5.65 Å². The summed E-state index contributed by atoms with van der Waals surface area (Å²) in [7, 11) is 12.6. The average Bonchev–Trinajstić information content (AvgIpc) is 3.40. The molecule has 3 heterocycles. The number of halogens is 2. The van der Waals surface area contributed by atoms with Crippen LogP contribution in [0.5, 0.6) is 0 Å². The predicted molar refractivity (Wildman–Crippen MR) is 121 cm³/mol. The Morgan fingerprint density at radius 3 is 2.85 bits per heavy atom. The van der Waals surface area contributed by atoms with Crippen molar-refractivity contribution in [1.29, 1.82) is 0 Å². The Balaban J connectivity index is 1.67. The summed E-state index contributed by atoms with van der Waals surface area (Å²) in [6.45, 7) is 2.32. The van der Waals surface area contributed by atoms with Gasteiger partial charge in [0.25, 0.3) is 0 Å². The second-order valence-electron chi connectivity index (χ2n) is 8.10. The number of aliphatic hydroxyl groups excluding tert-OH is 1. The average molecular weight is 450 g/mol. The first-order chi connectivity index (χ1) is 15.7. The molecule has 1 aliphatic heterocycles. The van der Waals surface area contributed by atoms with Crippen LogP contribution in [-0.2, 0) is 6.54 Å². The fourth-order valence-electron chi connectivity index (χ4n) is 3.69. The zero-order valence-electron chi connectivity index (χ0n) is 18.1. The van der Waals surface area contributed by atoms with Crippen molar-refractivity contribution in [3.05, 3.63) is 53.9 Å². The number of rotatable bonds is 6. The second-order valence-corrected chi connectivity index (χ2v) is 8.10. The van der Waals surface area contributed by atoms with Gasteiger partial charge >= 0.3 is 6.03 Å². The molecule has 1 atom stereocenters. The number of hydrogen-bond acceptors (Lipinski definition) is 5. The Hall–Kier alpha value is -3.14. The van der Waals surface area contributed by atoms with Crippen LogP contribution in [0, 0.1) is 11.6 Å². The van der Waals surface area contributed by atoms with Crippen LogP contribution in [-0.4, -0.2) is 70.9 Å². The maximum atomic E-state index is 14.3. The van der Waals surface area contributed by atoms with Gasteiger partial charge in [0.05, 0.1) is 28.0 Å². The zero-order valence-corrected chi connectivity index (χ0v) is 18.1. The van der Waals surface area contributed by atoms with Gasteiger partial charge in [-0.15, -0.1) is 0 Å². The molecule has 1 saturated heterocycles. The standard InChI is InChI=1S/C21H22B2F2N6O2/c1-2-21(22,23)30(11-13-9-14(24)3-4-16(13)25)18-6-8-31-19(28-18)17(10-26-31)27-20(33)29-7-5-15(32)12-29/h3-4,6,8-10,15,32H,2,5,7,11-12H2,1H3,(H,27,33). The maximum absolute atomic E-state index is 14.3. The predicted octanol–water partition coefficient (Wildman–Crippen LogP) is 2.01. The minimum Gasteiger partial charge on any atom is -0.391 e. The number of nitrogens with one attached hydrogen (secondary N) is 1. The van der Waals surface area contributed by atoms with E-state index in [0.717, 1.165) is 18.2 Å². The number of aliphatic hydroxyl groups is 1. The van der Waals surface area contributed by atoms with E-state index in [4.69, 9.17) is 15.7 Å².